The highest BCUT2D eigenvalue weighted by Gasteiger charge is 2.34. The molecule has 0 bridgehead atoms. The molecule has 32 heavy (non-hydrogen) atoms. The third-order valence-corrected chi connectivity index (χ3v) is 5.50. The summed E-state index contributed by atoms with van der Waals surface area (Å²) in [5.41, 5.74) is 0.569. The Morgan fingerprint density at radius 2 is 2.00 bits per heavy atom. The average molecular weight is 473 g/mol. The molecule has 0 unspecified atom stereocenters. The van der Waals surface area contributed by atoms with Crippen LogP contribution in [0.1, 0.15) is 22.8 Å². The van der Waals surface area contributed by atoms with Gasteiger partial charge in [-0.15, -0.1) is 0 Å². The van der Waals surface area contributed by atoms with Crippen LogP contribution in [0.2, 0.25) is 5.02 Å². The van der Waals surface area contributed by atoms with Crippen LogP contribution >= 0.6 is 23.4 Å². The number of hydrazone groups is 1. The molecule has 2 heterocycles. The Hall–Kier alpha value is -3.50. The van der Waals surface area contributed by atoms with Gasteiger partial charge in [0.25, 0.3) is 5.91 Å². The maximum Gasteiger partial charge on any atom is 0.343 e. The molecule has 0 spiro atoms. The predicted octanol–water partition coefficient (Wildman–Crippen LogP) is 4.35. The highest BCUT2D eigenvalue weighted by Crippen LogP contribution is 2.38. The van der Waals surface area contributed by atoms with Crippen molar-refractivity contribution in [2.45, 2.75) is 6.92 Å². The number of fused-ring (bicyclic) bond motifs is 1. The fourth-order valence-corrected chi connectivity index (χ4v) is 3.91. The van der Waals surface area contributed by atoms with Crippen LogP contribution in [0.25, 0.3) is 6.08 Å². The van der Waals surface area contributed by atoms with Crippen molar-refractivity contribution < 1.29 is 23.5 Å². The summed E-state index contributed by atoms with van der Waals surface area (Å²) in [6, 6.07) is 7.80. The quantitative estimate of drug-likeness (QED) is 0.403. The molecule has 1 amide bonds. The molecule has 2 aromatic rings. The van der Waals surface area contributed by atoms with E-state index in [1.807, 2.05) is 0 Å². The molecule has 0 radical (unpaired) electrons. The van der Waals surface area contributed by atoms with E-state index in [1.54, 1.807) is 6.92 Å². The number of nitrogens with one attached hydrogen (secondary N) is 1. The third kappa shape index (κ3) is 4.14. The summed E-state index contributed by atoms with van der Waals surface area (Å²) in [6.45, 7) is 1.75. The molecule has 4 rings (SSSR count). The number of hydrogen-bond donors (Lipinski definition) is 1. The van der Waals surface area contributed by atoms with Crippen LogP contribution in [0, 0.1) is 11.2 Å². The van der Waals surface area contributed by atoms with E-state index < -0.39 is 17.7 Å². The number of carbonyl (C=O) groups excluding carboxylic acids is 2. The molecule has 0 aromatic heterocycles. The van der Waals surface area contributed by atoms with Crippen molar-refractivity contribution in [3.8, 4) is 11.5 Å². The van der Waals surface area contributed by atoms with Gasteiger partial charge >= 0.3 is 5.97 Å². The highest BCUT2D eigenvalue weighted by atomic mass is 35.5. The number of ether oxygens (including phenoxy) is 2. The fourth-order valence-electron chi connectivity index (χ4n) is 2.91. The molecule has 1 N–H and O–H groups in total. The maximum atomic E-state index is 13.1. The lowest BCUT2D eigenvalue weighted by atomic mass is 10.1. The molecule has 0 saturated carbocycles. The minimum absolute atomic E-state index is 0.0157. The number of carbonyl (C=O) groups is 2. The van der Waals surface area contributed by atoms with Crippen LogP contribution < -0.4 is 9.47 Å². The van der Waals surface area contributed by atoms with Gasteiger partial charge in [-0.2, -0.15) is 15.1 Å². The second kappa shape index (κ2) is 8.56. The summed E-state index contributed by atoms with van der Waals surface area (Å²) in [5, 5.41) is 14.8. The molecular weight excluding hydrogens is 459 g/mol. The SMILES string of the molecule is COc1cc(C=C2C(=N)N3N=C(C)SC3=NC2=O)cc(Cl)c1OC(=O)c1ccc(F)cc1. The van der Waals surface area contributed by atoms with Crippen LogP contribution in [0.4, 0.5) is 4.39 Å². The summed E-state index contributed by atoms with van der Waals surface area (Å²) in [5.74, 6) is -1.84. The Kier molecular flexibility index (Phi) is 5.81. The molecule has 11 heteroatoms. The number of amides is 1. The van der Waals surface area contributed by atoms with E-state index in [2.05, 4.69) is 10.1 Å². The number of aliphatic imine (C=N–C) groups is 1. The van der Waals surface area contributed by atoms with E-state index in [9.17, 15) is 14.0 Å². The Morgan fingerprint density at radius 1 is 1.28 bits per heavy atom. The standard InChI is InChI=1S/C21H14ClFN4O4S/c1-10-26-27-18(24)14(19(28)25-21(27)32-10)7-11-8-15(22)17(16(9-11)30-2)31-20(29)12-3-5-13(23)6-4-12/h3-9,24H,1-2H3. The largest absolute Gasteiger partial charge is 0.493 e. The second-order valence-corrected chi connectivity index (χ2v) is 8.14. The molecule has 0 saturated heterocycles. The monoisotopic (exact) mass is 472 g/mol. The fraction of sp³-hybridized carbons (Fsp3) is 0.0952. The zero-order chi connectivity index (χ0) is 23.0. The van der Waals surface area contributed by atoms with E-state index in [0.717, 1.165) is 12.1 Å². The number of hydrogen-bond acceptors (Lipinski definition) is 7. The molecule has 0 atom stereocenters. The van der Waals surface area contributed by atoms with Crippen molar-refractivity contribution in [3.05, 3.63) is 63.9 Å². The van der Waals surface area contributed by atoms with Crippen molar-refractivity contribution in [3.63, 3.8) is 0 Å². The minimum Gasteiger partial charge on any atom is -0.493 e. The van der Waals surface area contributed by atoms with E-state index in [0.29, 0.717) is 15.8 Å². The van der Waals surface area contributed by atoms with Crippen LogP contribution in [-0.4, -0.2) is 40.0 Å². The molecule has 0 fully saturated rings. The number of amidine groups is 2. The minimum atomic E-state index is -0.748. The summed E-state index contributed by atoms with van der Waals surface area (Å²) in [6.07, 6.45) is 1.43. The van der Waals surface area contributed by atoms with Crippen LogP contribution in [0.15, 0.2) is 52.1 Å². The molecule has 0 aliphatic carbocycles. The normalized spacial score (nSPS) is 16.6. The van der Waals surface area contributed by atoms with Gasteiger partial charge in [-0.3, -0.25) is 10.2 Å². The Bertz CT molecular complexity index is 1260. The van der Waals surface area contributed by atoms with Gasteiger partial charge < -0.3 is 9.47 Å². The number of nitrogens with zero attached hydrogens (tertiary/aromatic N) is 3. The molecule has 8 nitrogen and oxygen atoms in total. The van der Waals surface area contributed by atoms with Crippen molar-refractivity contribution in [1.82, 2.24) is 5.01 Å². The van der Waals surface area contributed by atoms with Gasteiger partial charge in [-0.05, 0) is 66.7 Å². The van der Waals surface area contributed by atoms with E-state index in [4.69, 9.17) is 26.5 Å². The Labute approximate surface area is 190 Å². The van der Waals surface area contributed by atoms with E-state index in [1.165, 1.54) is 54.2 Å². The van der Waals surface area contributed by atoms with Crippen molar-refractivity contribution >= 4 is 57.4 Å². The van der Waals surface area contributed by atoms with Gasteiger partial charge in [0.05, 0.1) is 28.3 Å². The average Bonchev–Trinajstić information content (AvgIpc) is 3.13. The first-order valence-electron chi connectivity index (χ1n) is 9.09. The van der Waals surface area contributed by atoms with Gasteiger partial charge in [-0.1, -0.05) is 11.6 Å². The number of halogens is 2. The first-order valence-corrected chi connectivity index (χ1v) is 10.3. The van der Waals surface area contributed by atoms with E-state index >= 15 is 0 Å². The summed E-state index contributed by atoms with van der Waals surface area (Å²) >= 11 is 7.53. The van der Waals surface area contributed by atoms with Crippen molar-refractivity contribution in [2.24, 2.45) is 10.1 Å². The second-order valence-electron chi connectivity index (χ2n) is 6.57. The number of rotatable bonds is 4. The van der Waals surface area contributed by atoms with E-state index in [-0.39, 0.29) is 33.5 Å². The van der Waals surface area contributed by atoms with Gasteiger partial charge in [0, 0.05) is 0 Å². The lowest BCUT2D eigenvalue weighted by molar-refractivity contribution is -0.114. The summed E-state index contributed by atoms with van der Waals surface area (Å²) in [7, 11) is 1.36. The maximum absolute atomic E-state index is 13.1. The van der Waals surface area contributed by atoms with Gasteiger partial charge in [0.15, 0.2) is 17.3 Å². The summed E-state index contributed by atoms with van der Waals surface area (Å²) in [4.78, 5) is 28.8. The smallest absolute Gasteiger partial charge is 0.343 e. The summed E-state index contributed by atoms with van der Waals surface area (Å²) < 4.78 is 23.7. The lowest BCUT2D eigenvalue weighted by Crippen LogP contribution is -2.35. The molecule has 162 valence electrons. The zero-order valence-corrected chi connectivity index (χ0v) is 18.3. The Morgan fingerprint density at radius 3 is 2.69 bits per heavy atom. The van der Waals surface area contributed by atoms with Gasteiger partial charge in [-0.25, -0.2) is 9.18 Å². The van der Waals surface area contributed by atoms with Gasteiger partial charge in [0.2, 0.25) is 5.17 Å². The molecule has 2 aromatic carbocycles. The van der Waals surface area contributed by atoms with Gasteiger partial charge in [0.1, 0.15) is 5.82 Å². The number of thioether (sulfide) groups is 1. The first kappa shape index (κ1) is 21.7. The molecule has 2 aliphatic rings. The Balaban J connectivity index is 1.65. The van der Waals surface area contributed by atoms with Crippen LogP contribution in [-0.2, 0) is 4.79 Å². The topological polar surface area (TPSA) is 104 Å². The highest BCUT2D eigenvalue weighted by molar-refractivity contribution is 8.26. The van der Waals surface area contributed by atoms with Crippen LogP contribution in [0.3, 0.4) is 0 Å². The predicted molar refractivity (Wildman–Crippen MR) is 120 cm³/mol. The number of methoxy groups -OCH3 is 1. The number of esters is 1. The molecular formula is C21H14ClFN4O4S. The lowest BCUT2D eigenvalue weighted by Gasteiger charge is -2.20. The third-order valence-electron chi connectivity index (χ3n) is 4.39. The van der Waals surface area contributed by atoms with Crippen LogP contribution in [0.5, 0.6) is 11.5 Å². The zero-order valence-electron chi connectivity index (χ0n) is 16.7. The van der Waals surface area contributed by atoms with Crippen molar-refractivity contribution in [2.75, 3.05) is 7.11 Å². The van der Waals surface area contributed by atoms with Crippen molar-refractivity contribution in [1.29, 1.82) is 5.41 Å². The first-order chi connectivity index (χ1) is 15.3. The molecule has 2 aliphatic heterocycles. The number of benzene rings is 2.